The third-order valence-electron chi connectivity index (χ3n) is 3.29. The van der Waals surface area contributed by atoms with Crippen LogP contribution in [-0.2, 0) is 11.2 Å². The number of nitrogens with two attached hydrogens (primary N) is 1. The summed E-state index contributed by atoms with van der Waals surface area (Å²) in [7, 11) is 0. The Morgan fingerprint density at radius 2 is 1.95 bits per heavy atom. The van der Waals surface area contributed by atoms with Crippen LogP contribution < -0.4 is 10.5 Å². The molecule has 20 heavy (non-hydrogen) atoms. The van der Waals surface area contributed by atoms with E-state index in [1.807, 2.05) is 24.3 Å². The lowest BCUT2D eigenvalue weighted by Gasteiger charge is -2.12. The fourth-order valence-electron chi connectivity index (χ4n) is 2.28. The minimum absolute atomic E-state index is 0.124. The minimum Gasteiger partial charge on any atom is -0.486 e. The van der Waals surface area contributed by atoms with E-state index in [-0.39, 0.29) is 12.7 Å². The first-order valence-corrected chi connectivity index (χ1v) is 6.50. The minimum atomic E-state index is -0.414. The number of anilines is 1. The van der Waals surface area contributed by atoms with Gasteiger partial charge in [0.1, 0.15) is 18.5 Å². The molecule has 1 heterocycles. The van der Waals surface area contributed by atoms with Crippen LogP contribution in [0.5, 0.6) is 5.75 Å². The lowest BCUT2D eigenvalue weighted by Crippen LogP contribution is -2.23. The van der Waals surface area contributed by atoms with Crippen molar-refractivity contribution in [3.63, 3.8) is 0 Å². The first-order chi connectivity index (χ1) is 9.74. The molecule has 2 aromatic rings. The molecule has 0 bridgehead atoms. The third kappa shape index (κ3) is 2.45. The van der Waals surface area contributed by atoms with E-state index in [0.717, 1.165) is 17.7 Å². The second-order valence-corrected chi connectivity index (χ2v) is 4.74. The second-order valence-electron chi connectivity index (χ2n) is 4.74. The highest BCUT2D eigenvalue weighted by atomic mass is 16.6. The molecule has 0 fully saturated rings. The lowest BCUT2D eigenvalue weighted by atomic mass is 10.1. The van der Waals surface area contributed by atoms with Gasteiger partial charge in [-0.25, -0.2) is 4.79 Å². The van der Waals surface area contributed by atoms with Gasteiger partial charge in [0.15, 0.2) is 0 Å². The fraction of sp³-hybridized carbons (Fsp3) is 0.188. The van der Waals surface area contributed by atoms with Gasteiger partial charge in [0.05, 0.1) is 5.56 Å². The molecule has 102 valence electrons. The van der Waals surface area contributed by atoms with E-state index >= 15 is 0 Å². The Morgan fingerprint density at radius 1 is 1.20 bits per heavy atom. The van der Waals surface area contributed by atoms with Crippen LogP contribution in [0.2, 0.25) is 0 Å². The van der Waals surface area contributed by atoms with E-state index in [4.69, 9.17) is 15.2 Å². The van der Waals surface area contributed by atoms with Gasteiger partial charge in [-0.3, -0.25) is 0 Å². The summed E-state index contributed by atoms with van der Waals surface area (Å²) in [4.78, 5) is 11.9. The lowest BCUT2D eigenvalue weighted by molar-refractivity contribution is 0.0348. The zero-order chi connectivity index (χ0) is 13.9. The molecule has 4 nitrogen and oxygen atoms in total. The molecule has 3 rings (SSSR count). The van der Waals surface area contributed by atoms with Crippen molar-refractivity contribution in [2.45, 2.75) is 12.5 Å². The van der Waals surface area contributed by atoms with E-state index in [1.165, 1.54) is 0 Å². The first-order valence-electron chi connectivity index (χ1n) is 6.50. The first kappa shape index (κ1) is 12.5. The Labute approximate surface area is 117 Å². The number of fused-ring (bicyclic) bond motifs is 1. The molecule has 0 amide bonds. The Balaban J connectivity index is 1.59. The number of hydrogen-bond donors (Lipinski definition) is 1. The molecule has 2 N–H and O–H groups in total. The van der Waals surface area contributed by atoms with Crippen molar-refractivity contribution in [1.29, 1.82) is 0 Å². The van der Waals surface area contributed by atoms with Crippen LogP contribution in [0.4, 0.5) is 5.69 Å². The van der Waals surface area contributed by atoms with Crippen molar-refractivity contribution in [2.75, 3.05) is 12.3 Å². The molecule has 0 radical (unpaired) electrons. The van der Waals surface area contributed by atoms with Gasteiger partial charge < -0.3 is 15.2 Å². The average Bonchev–Trinajstić information content (AvgIpc) is 2.88. The van der Waals surface area contributed by atoms with Crippen molar-refractivity contribution in [3.05, 3.63) is 59.7 Å². The third-order valence-corrected chi connectivity index (χ3v) is 3.29. The zero-order valence-electron chi connectivity index (χ0n) is 10.9. The van der Waals surface area contributed by atoms with Crippen molar-refractivity contribution < 1.29 is 14.3 Å². The maximum absolute atomic E-state index is 11.9. The highest BCUT2D eigenvalue weighted by molar-refractivity contribution is 5.94. The highest BCUT2D eigenvalue weighted by Crippen LogP contribution is 2.28. The van der Waals surface area contributed by atoms with Crippen LogP contribution in [0, 0.1) is 0 Å². The normalized spacial score (nSPS) is 16.3. The topological polar surface area (TPSA) is 61.6 Å². The number of esters is 1. The number of rotatable bonds is 3. The molecule has 0 aliphatic carbocycles. The standard InChI is InChI=1S/C16H15NO3/c17-14-7-3-2-6-13(14)16(18)19-10-12-9-11-5-1-4-8-15(11)20-12/h1-8,12H,9-10,17H2. The van der Waals surface area contributed by atoms with E-state index in [2.05, 4.69) is 0 Å². The van der Waals surface area contributed by atoms with Crippen molar-refractivity contribution in [2.24, 2.45) is 0 Å². The van der Waals surface area contributed by atoms with E-state index in [0.29, 0.717) is 11.3 Å². The highest BCUT2D eigenvalue weighted by Gasteiger charge is 2.24. The summed E-state index contributed by atoms with van der Waals surface area (Å²) in [5.74, 6) is 0.454. The number of carbonyl (C=O) groups is 1. The number of carbonyl (C=O) groups excluding carboxylic acids is 1. The summed E-state index contributed by atoms with van der Waals surface area (Å²) in [6, 6.07) is 14.7. The quantitative estimate of drug-likeness (QED) is 0.686. The average molecular weight is 269 g/mol. The van der Waals surface area contributed by atoms with Gasteiger partial charge in [0.25, 0.3) is 0 Å². The summed E-state index contributed by atoms with van der Waals surface area (Å²) in [6.07, 6.45) is 0.634. The molecule has 1 aliphatic heterocycles. The van der Waals surface area contributed by atoms with Crippen molar-refractivity contribution in [1.82, 2.24) is 0 Å². The molecule has 0 saturated carbocycles. The summed E-state index contributed by atoms with van der Waals surface area (Å²) in [5, 5.41) is 0. The molecule has 0 spiro atoms. The Bertz CT molecular complexity index is 614. The van der Waals surface area contributed by atoms with Crippen molar-refractivity contribution in [3.8, 4) is 5.75 Å². The van der Waals surface area contributed by atoms with E-state index in [1.54, 1.807) is 24.3 Å². The molecule has 1 atom stereocenters. The van der Waals surface area contributed by atoms with Crippen LogP contribution >= 0.6 is 0 Å². The summed E-state index contributed by atoms with van der Waals surface area (Å²) in [6.45, 7) is 0.224. The van der Waals surface area contributed by atoms with Crippen molar-refractivity contribution >= 4 is 11.7 Å². The summed E-state index contributed by atoms with van der Waals surface area (Å²) < 4.78 is 11.0. The smallest absolute Gasteiger partial charge is 0.340 e. The van der Waals surface area contributed by atoms with Gasteiger partial charge >= 0.3 is 5.97 Å². The van der Waals surface area contributed by atoms with Gasteiger partial charge in [-0.2, -0.15) is 0 Å². The molecular formula is C16H15NO3. The monoisotopic (exact) mass is 269 g/mol. The van der Waals surface area contributed by atoms with Gasteiger partial charge in [-0.1, -0.05) is 30.3 Å². The SMILES string of the molecule is Nc1ccccc1C(=O)OCC1Cc2ccccc2O1. The van der Waals surface area contributed by atoms with E-state index < -0.39 is 5.97 Å². The second kappa shape index (κ2) is 5.25. The van der Waals surface area contributed by atoms with Crippen LogP contribution in [0.25, 0.3) is 0 Å². The van der Waals surface area contributed by atoms with Crippen LogP contribution in [0.1, 0.15) is 15.9 Å². The summed E-state index contributed by atoms with van der Waals surface area (Å²) >= 11 is 0. The number of ether oxygens (including phenoxy) is 2. The summed E-state index contributed by atoms with van der Waals surface area (Å²) in [5.41, 5.74) is 7.70. The molecule has 0 aromatic heterocycles. The Hall–Kier alpha value is -2.49. The maximum Gasteiger partial charge on any atom is 0.340 e. The molecule has 2 aromatic carbocycles. The van der Waals surface area contributed by atoms with Gasteiger partial charge in [0.2, 0.25) is 0 Å². The molecule has 0 saturated heterocycles. The maximum atomic E-state index is 11.9. The largest absolute Gasteiger partial charge is 0.486 e. The van der Waals surface area contributed by atoms with Crippen LogP contribution in [-0.4, -0.2) is 18.7 Å². The zero-order valence-corrected chi connectivity index (χ0v) is 10.9. The molecule has 4 heteroatoms. The predicted molar refractivity (Wildman–Crippen MR) is 75.7 cm³/mol. The molecule has 1 aliphatic rings. The Morgan fingerprint density at radius 3 is 2.75 bits per heavy atom. The number of para-hydroxylation sites is 2. The van der Waals surface area contributed by atoms with Gasteiger partial charge in [-0.05, 0) is 23.8 Å². The van der Waals surface area contributed by atoms with Crippen LogP contribution in [0.15, 0.2) is 48.5 Å². The predicted octanol–water partition coefficient (Wildman–Crippen LogP) is 2.43. The number of benzene rings is 2. The van der Waals surface area contributed by atoms with E-state index in [9.17, 15) is 4.79 Å². The molecular weight excluding hydrogens is 254 g/mol. The fourth-order valence-corrected chi connectivity index (χ4v) is 2.28. The van der Waals surface area contributed by atoms with Gasteiger partial charge in [-0.15, -0.1) is 0 Å². The Kier molecular flexibility index (Phi) is 3.29. The number of hydrogen-bond acceptors (Lipinski definition) is 4. The number of nitrogen functional groups attached to an aromatic ring is 1. The molecule has 1 unspecified atom stereocenters. The van der Waals surface area contributed by atoms with Gasteiger partial charge in [0, 0.05) is 12.1 Å². The van der Waals surface area contributed by atoms with Crippen LogP contribution in [0.3, 0.4) is 0 Å².